The Labute approximate surface area is 404 Å². The molecule has 0 atom stereocenters. The van der Waals surface area contributed by atoms with Gasteiger partial charge in [-0.3, -0.25) is 23.0 Å². The van der Waals surface area contributed by atoms with Gasteiger partial charge in [0.25, 0.3) is 40.5 Å². The number of amides is 1. The minimum absolute atomic E-state index is 0.0325. The minimum Gasteiger partial charge on any atom is -0.457 e. The monoisotopic (exact) mass is 1030 g/mol. The third-order valence-corrected chi connectivity index (χ3v) is 15.8. The van der Waals surface area contributed by atoms with E-state index in [9.17, 15) is 56.7 Å². The summed E-state index contributed by atoms with van der Waals surface area (Å²) in [5.41, 5.74) is 4.77. The van der Waals surface area contributed by atoms with Crippen molar-refractivity contribution in [3.8, 4) is 5.75 Å². The average molecular weight is 1030 g/mol. The van der Waals surface area contributed by atoms with Crippen molar-refractivity contribution in [3.63, 3.8) is 0 Å². The van der Waals surface area contributed by atoms with Crippen molar-refractivity contribution in [2.45, 2.75) is 93.8 Å². The van der Waals surface area contributed by atoms with Crippen LogP contribution in [0.25, 0.3) is 0 Å². The lowest BCUT2D eigenvalue weighted by Gasteiger charge is -2.27. The van der Waals surface area contributed by atoms with Gasteiger partial charge in [-0.1, -0.05) is 38.6 Å². The van der Waals surface area contributed by atoms with Gasteiger partial charge in [-0.05, 0) is 130 Å². The third-order valence-electron chi connectivity index (χ3n) is 12.5. The molecule has 0 saturated heterocycles. The van der Waals surface area contributed by atoms with E-state index in [4.69, 9.17) is 4.74 Å². The fourth-order valence-electron chi connectivity index (χ4n) is 8.95. The Morgan fingerprint density at radius 2 is 1.39 bits per heavy atom. The summed E-state index contributed by atoms with van der Waals surface area (Å²) in [6, 6.07) is 15.8. The van der Waals surface area contributed by atoms with Crippen LogP contribution in [-0.4, -0.2) is 99.2 Å². The van der Waals surface area contributed by atoms with Crippen molar-refractivity contribution in [2.75, 3.05) is 36.0 Å². The van der Waals surface area contributed by atoms with E-state index in [1.165, 1.54) is 24.3 Å². The number of nitrogens with one attached hydrogen (secondary N) is 1. The van der Waals surface area contributed by atoms with Crippen LogP contribution in [0, 0.1) is 0 Å². The van der Waals surface area contributed by atoms with E-state index in [0.717, 1.165) is 16.7 Å². The van der Waals surface area contributed by atoms with E-state index < -0.39 is 62.8 Å². The maximum absolute atomic E-state index is 12.2. The molecule has 1 aliphatic carbocycles. The van der Waals surface area contributed by atoms with E-state index in [2.05, 4.69) is 11.9 Å². The summed E-state index contributed by atoms with van der Waals surface area (Å²) in [5, 5.41) is 2.82. The standard InChI is InChI=1S/C48H57N3O14S4/c1-32(2)46(52)49-25-24-33-12-16-36(17-13-33)65-45-34(14-22-43-47(3,4)39-30-37(68(59,60)61)18-20-41(39)50(43)26-8-28-66(53,54)55)10-7-11-35(45)15-23-44-48(5,6)40-31-38(69(62,63)64)19-21-42(40)51(44)27-9-29-67(56,57)58/h12-23,30-31H,1,7-11,24-29H2,2-6H3,(H4-,49,52,53,54,55,56,57,58,59,60,61,62,63,64)/p+1. The summed E-state index contributed by atoms with van der Waals surface area (Å²) in [5.74, 6) is -0.271. The molecule has 0 spiro atoms. The van der Waals surface area contributed by atoms with Crippen molar-refractivity contribution in [2.24, 2.45) is 0 Å². The van der Waals surface area contributed by atoms with Crippen LogP contribution in [0.3, 0.4) is 0 Å². The van der Waals surface area contributed by atoms with Gasteiger partial charge in [0.05, 0.1) is 26.7 Å². The maximum atomic E-state index is 12.2. The summed E-state index contributed by atoms with van der Waals surface area (Å²) in [7, 11) is -17.8. The smallest absolute Gasteiger partial charge is 0.294 e. The first kappa shape index (κ1) is 53.1. The molecule has 372 valence electrons. The number of carbonyl (C=O) groups excluding carboxylic acids is 1. The Hall–Kier alpha value is -5.26. The molecule has 69 heavy (non-hydrogen) atoms. The molecule has 5 N–H and O–H groups in total. The Morgan fingerprint density at radius 1 is 0.783 bits per heavy atom. The number of allylic oxidation sites excluding steroid dienone is 7. The number of rotatable bonds is 19. The highest BCUT2D eigenvalue weighted by molar-refractivity contribution is 7.86. The summed E-state index contributed by atoms with van der Waals surface area (Å²) < 4.78 is 144. The molecule has 0 unspecified atom stereocenters. The molecule has 0 saturated carbocycles. The molecule has 0 fully saturated rings. The van der Waals surface area contributed by atoms with Crippen molar-refractivity contribution in [1.29, 1.82) is 0 Å². The predicted octanol–water partition coefficient (Wildman–Crippen LogP) is 7.03. The Balaban J connectivity index is 1.47. The molecule has 2 heterocycles. The zero-order valence-corrected chi connectivity index (χ0v) is 42.2. The fourth-order valence-corrected chi connectivity index (χ4v) is 10.9. The second-order valence-corrected chi connectivity index (χ2v) is 24.3. The molecule has 0 radical (unpaired) electrons. The molecule has 0 bridgehead atoms. The van der Waals surface area contributed by atoms with Crippen LogP contribution < -0.4 is 15.0 Å². The first-order chi connectivity index (χ1) is 32.0. The van der Waals surface area contributed by atoms with Gasteiger partial charge in [0.15, 0.2) is 5.71 Å². The van der Waals surface area contributed by atoms with Crippen molar-refractivity contribution in [1.82, 2.24) is 5.32 Å². The normalized spacial score (nSPS) is 18.3. The van der Waals surface area contributed by atoms with E-state index in [-0.39, 0.29) is 41.6 Å². The second kappa shape index (κ2) is 20.2. The average Bonchev–Trinajstić information content (AvgIpc) is 3.58. The van der Waals surface area contributed by atoms with Gasteiger partial charge in [-0.25, -0.2) is 0 Å². The summed E-state index contributed by atoms with van der Waals surface area (Å²) >= 11 is 0. The van der Waals surface area contributed by atoms with Crippen molar-refractivity contribution >= 4 is 63.5 Å². The number of anilines is 1. The predicted molar refractivity (Wildman–Crippen MR) is 263 cm³/mol. The molecule has 6 rings (SSSR count). The molecule has 1 amide bonds. The largest absolute Gasteiger partial charge is 0.457 e. The van der Waals surface area contributed by atoms with Gasteiger partial charge in [-0.2, -0.15) is 38.2 Å². The SMILES string of the molecule is C=C(C)C(=O)NCCc1ccc(OC2=C(C=CC3=[N+](CCCS(=O)(=O)O)c4ccc(S(=O)(=O)O)cc4C3(C)C)CCCC2=CC=C2N(CCCS(=O)(=O)O)c3ccc(S(=O)(=O)O)cc3C2(C)C)cc1. The van der Waals surface area contributed by atoms with E-state index in [1.807, 2.05) is 85.7 Å². The lowest BCUT2D eigenvalue weighted by atomic mass is 9.81. The van der Waals surface area contributed by atoms with Crippen molar-refractivity contribution < 1.29 is 66.0 Å². The molecular weight excluding hydrogens is 971 g/mol. The molecule has 3 aromatic carbocycles. The van der Waals surface area contributed by atoms with Crippen LogP contribution in [0.4, 0.5) is 11.4 Å². The number of benzene rings is 3. The van der Waals surface area contributed by atoms with Crippen LogP contribution in [0.15, 0.2) is 130 Å². The highest BCUT2D eigenvalue weighted by Gasteiger charge is 2.45. The number of carbonyl (C=O) groups is 1. The highest BCUT2D eigenvalue weighted by Crippen LogP contribution is 2.49. The second-order valence-electron chi connectivity index (χ2n) is 18.3. The topological polar surface area (TPSA) is 262 Å². The fraction of sp³-hybridized carbons (Fsp3) is 0.375. The third kappa shape index (κ3) is 12.7. The van der Waals surface area contributed by atoms with E-state index in [1.54, 1.807) is 19.1 Å². The highest BCUT2D eigenvalue weighted by atomic mass is 32.2. The molecule has 3 aromatic rings. The van der Waals surface area contributed by atoms with Gasteiger partial charge in [0.1, 0.15) is 18.1 Å². The zero-order chi connectivity index (χ0) is 50.9. The zero-order valence-electron chi connectivity index (χ0n) is 39.0. The summed E-state index contributed by atoms with van der Waals surface area (Å²) in [6.07, 6.45) is 9.89. The number of hydrogen-bond donors (Lipinski definition) is 5. The van der Waals surface area contributed by atoms with Gasteiger partial charge in [0, 0.05) is 59.6 Å². The van der Waals surface area contributed by atoms with Crippen LogP contribution in [-0.2, 0) is 62.5 Å². The summed E-state index contributed by atoms with van der Waals surface area (Å²) in [6.45, 7) is 13.5. The minimum atomic E-state index is -4.57. The molecule has 21 heteroatoms. The quantitative estimate of drug-likeness (QED) is 0.0459. The van der Waals surface area contributed by atoms with E-state index >= 15 is 0 Å². The Kier molecular flexibility index (Phi) is 15.6. The van der Waals surface area contributed by atoms with Gasteiger partial charge >= 0.3 is 0 Å². The van der Waals surface area contributed by atoms with Crippen LogP contribution in [0.2, 0.25) is 0 Å². The van der Waals surface area contributed by atoms with Crippen LogP contribution in [0.5, 0.6) is 5.75 Å². The number of nitrogens with zero attached hydrogens (tertiary/aromatic N) is 2. The number of hydrogen-bond acceptors (Lipinski definition) is 11. The Morgan fingerprint density at radius 3 is 2.00 bits per heavy atom. The van der Waals surface area contributed by atoms with Crippen LogP contribution in [0.1, 0.15) is 83.4 Å². The molecule has 3 aliphatic rings. The lowest BCUT2D eigenvalue weighted by Crippen LogP contribution is -2.28. The van der Waals surface area contributed by atoms with Gasteiger partial charge in [-0.15, -0.1) is 0 Å². The Bertz CT molecular complexity index is 3180. The van der Waals surface area contributed by atoms with Crippen LogP contribution >= 0.6 is 0 Å². The van der Waals surface area contributed by atoms with Gasteiger partial charge < -0.3 is 15.0 Å². The first-order valence-corrected chi connectivity index (χ1v) is 28.2. The number of fused-ring (bicyclic) bond motifs is 2. The first-order valence-electron chi connectivity index (χ1n) is 22.1. The molecule has 17 nitrogen and oxygen atoms in total. The number of ether oxygens (including phenoxy) is 1. The lowest BCUT2D eigenvalue weighted by molar-refractivity contribution is -0.437. The van der Waals surface area contributed by atoms with E-state index in [0.29, 0.717) is 83.2 Å². The summed E-state index contributed by atoms with van der Waals surface area (Å²) in [4.78, 5) is 13.3. The molecular formula is C48H58N3O14S4+. The molecule has 2 aliphatic heterocycles. The maximum Gasteiger partial charge on any atom is 0.294 e. The molecule has 0 aromatic heterocycles. The van der Waals surface area contributed by atoms with Crippen molar-refractivity contribution in [3.05, 3.63) is 136 Å². The van der Waals surface area contributed by atoms with Gasteiger partial charge in [0.2, 0.25) is 11.6 Å².